The van der Waals surface area contributed by atoms with E-state index < -0.39 is 23.1 Å². The lowest BCUT2D eigenvalue weighted by atomic mass is 10.0. The van der Waals surface area contributed by atoms with Crippen LogP contribution in [0.15, 0.2) is 55.1 Å². The van der Waals surface area contributed by atoms with Crippen LogP contribution in [0.5, 0.6) is 0 Å². The highest BCUT2D eigenvalue weighted by Crippen LogP contribution is 2.56. The van der Waals surface area contributed by atoms with Crippen molar-refractivity contribution in [3.63, 3.8) is 0 Å². The number of hydrogen-bond acceptors (Lipinski definition) is 7. The van der Waals surface area contributed by atoms with Gasteiger partial charge in [0.05, 0.1) is 12.9 Å². The van der Waals surface area contributed by atoms with Gasteiger partial charge in [0.2, 0.25) is 0 Å². The predicted octanol–water partition coefficient (Wildman–Crippen LogP) is 8.39. The lowest BCUT2D eigenvalue weighted by Gasteiger charge is -2.54. The smallest absolute Gasteiger partial charge is 0.349 e. The molecule has 236 valence electrons. The molecule has 0 aliphatic carbocycles. The fraction of sp³-hybridized carbons (Fsp3) is 0.559. The third kappa shape index (κ3) is 5.07. The minimum atomic E-state index is -2.77. The van der Waals surface area contributed by atoms with Crippen LogP contribution < -0.4 is 0 Å². The molecule has 6 rings (SSSR count). The summed E-state index contributed by atoms with van der Waals surface area (Å²) in [4.78, 5) is 14.3. The van der Waals surface area contributed by atoms with Crippen LogP contribution in [0.2, 0.25) is 28.2 Å². The zero-order valence-corrected chi connectivity index (χ0v) is 30.1. The van der Waals surface area contributed by atoms with Crippen LogP contribution >= 0.6 is 0 Å². The summed E-state index contributed by atoms with van der Waals surface area (Å²) in [6.07, 6.45) is 2.08. The molecule has 4 aromatic rings. The summed E-state index contributed by atoms with van der Waals surface area (Å²) < 4.78 is 30.2. The lowest BCUT2D eigenvalue weighted by Crippen LogP contribution is -2.66. The highest BCUT2D eigenvalue weighted by atomic mass is 28.4. The first kappa shape index (κ1) is 31.5. The van der Waals surface area contributed by atoms with E-state index in [1.807, 2.05) is 10.9 Å². The minimum absolute atomic E-state index is 0.00576. The Morgan fingerprint density at radius 1 is 0.886 bits per heavy atom. The van der Waals surface area contributed by atoms with Gasteiger partial charge in [-0.2, -0.15) is 0 Å². The number of rotatable bonds is 4. The van der Waals surface area contributed by atoms with Crippen LogP contribution in [0, 0.1) is 0 Å². The van der Waals surface area contributed by atoms with Crippen LogP contribution in [-0.2, 0) is 18.0 Å². The molecule has 10 heteroatoms. The molecule has 0 spiro atoms. The second-order valence-corrected chi connectivity index (χ2v) is 25.5. The first-order chi connectivity index (χ1) is 20.4. The molecule has 0 saturated carbocycles. The van der Waals surface area contributed by atoms with Crippen LogP contribution in [-0.4, -0.2) is 61.3 Å². The number of aromatic nitrogens is 4. The zero-order valence-electron chi connectivity index (χ0n) is 28.1. The molecule has 2 aliphatic rings. The monoisotopic (exact) mass is 632 g/mol. The van der Waals surface area contributed by atoms with Gasteiger partial charge in [-0.3, -0.25) is 4.57 Å². The molecular weight excluding hydrogens is 585 g/mol. The molecule has 4 heterocycles. The average molecular weight is 633 g/mol. The summed E-state index contributed by atoms with van der Waals surface area (Å²) in [6, 6.07) is 14.7. The van der Waals surface area contributed by atoms with E-state index >= 15 is 0 Å². The first-order valence-corrected chi connectivity index (χ1v) is 20.5. The van der Waals surface area contributed by atoms with E-state index in [4.69, 9.17) is 28.0 Å². The van der Waals surface area contributed by atoms with Gasteiger partial charge in [-0.1, -0.05) is 98.7 Å². The topological polar surface area (TPSA) is 80.5 Å². The average Bonchev–Trinajstić information content (AvgIpc) is 3.51. The Hall–Kier alpha value is -2.48. The molecule has 2 aromatic carbocycles. The Morgan fingerprint density at radius 3 is 2.23 bits per heavy atom. The van der Waals surface area contributed by atoms with Gasteiger partial charge in [0.1, 0.15) is 35.8 Å². The number of ether oxygens (including phenoxy) is 1. The van der Waals surface area contributed by atoms with Crippen LogP contribution in [0.25, 0.3) is 33.2 Å². The van der Waals surface area contributed by atoms with Crippen molar-refractivity contribution < 1.29 is 18.0 Å². The third-order valence-electron chi connectivity index (χ3n) is 9.91. The van der Waals surface area contributed by atoms with Crippen molar-refractivity contribution in [3.8, 4) is 11.3 Å². The maximum Gasteiger partial charge on any atom is 0.349 e. The number of fused-ring (bicyclic) bond motifs is 3. The second kappa shape index (κ2) is 10.5. The molecule has 2 fully saturated rings. The molecule has 2 saturated heterocycles. The van der Waals surface area contributed by atoms with E-state index in [1.54, 1.807) is 6.33 Å². The molecule has 44 heavy (non-hydrogen) atoms. The van der Waals surface area contributed by atoms with Crippen LogP contribution in [0.3, 0.4) is 0 Å². The number of nitrogens with zero attached hydrogens (tertiary/aromatic N) is 4. The van der Waals surface area contributed by atoms with Crippen molar-refractivity contribution in [2.75, 3.05) is 6.61 Å². The molecule has 0 unspecified atom stereocenters. The van der Waals surface area contributed by atoms with E-state index in [-0.39, 0.29) is 33.4 Å². The van der Waals surface area contributed by atoms with Gasteiger partial charge in [0.15, 0.2) is 20.2 Å². The Morgan fingerprint density at radius 2 is 1.57 bits per heavy atom. The molecule has 0 bridgehead atoms. The predicted molar refractivity (Wildman–Crippen MR) is 180 cm³/mol. The largest absolute Gasteiger partial charge is 0.407 e. The highest BCUT2D eigenvalue weighted by molar-refractivity contribution is 6.74. The lowest BCUT2D eigenvalue weighted by molar-refractivity contribution is -0.0795. The molecule has 0 radical (unpaired) electrons. The summed E-state index contributed by atoms with van der Waals surface area (Å²) in [7, 11) is -5.02. The van der Waals surface area contributed by atoms with Crippen molar-refractivity contribution in [2.45, 2.75) is 115 Å². The summed E-state index contributed by atoms with van der Waals surface area (Å²) >= 11 is 0. The molecular formula is C34H48N4O4Si2. The fourth-order valence-electron chi connectivity index (χ4n) is 6.77. The number of imidazole rings is 1. The summed E-state index contributed by atoms with van der Waals surface area (Å²) in [5.41, 5.74) is 3.24. The quantitative estimate of drug-likeness (QED) is 0.209. The summed E-state index contributed by atoms with van der Waals surface area (Å²) in [5.74, 6) is 0. The normalized spacial score (nSPS) is 24.6. The molecule has 2 aliphatic heterocycles. The third-order valence-corrected chi connectivity index (χ3v) is 19.5. The van der Waals surface area contributed by atoms with E-state index in [0.717, 1.165) is 22.2 Å². The van der Waals surface area contributed by atoms with Crippen molar-refractivity contribution in [2.24, 2.45) is 0 Å². The first-order valence-electron chi connectivity index (χ1n) is 15.8. The standard InChI is InChI=1S/C34H48N4O4Si2/c1-32(2,3)43(10,11)41-29-28-25(19-39-44(42-28,33(4,5)6)34(7,8)9)40-31(29)38-21-37-27-26(35-20-36-30(27)38)24-17-16-22-14-12-13-15-23(22)18-24/h12-18,20-21,25,28-29,31H,19H2,1-11H3/t25-,28+,29+,31-/m1/s1. The van der Waals surface area contributed by atoms with Gasteiger partial charge in [0, 0.05) is 15.6 Å². The van der Waals surface area contributed by atoms with Gasteiger partial charge in [-0.15, -0.1) is 0 Å². The Labute approximate surface area is 263 Å². The van der Waals surface area contributed by atoms with E-state index in [0.29, 0.717) is 12.3 Å². The van der Waals surface area contributed by atoms with Gasteiger partial charge >= 0.3 is 8.56 Å². The summed E-state index contributed by atoms with van der Waals surface area (Å²) in [5, 5.41) is 2.04. The Kier molecular flexibility index (Phi) is 7.54. The van der Waals surface area contributed by atoms with Crippen molar-refractivity contribution in [1.29, 1.82) is 0 Å². The zero-order chi connectivity index (χ0) is 31.9. The van der Waals surface area contributed by atoms with Gasteiger partial charge in [0.25, 0.3) is 0 Å². The second-order valence-electron chi connectivity index (χ2n) is 16.0. The fourth-order valence-corrected chi connectivity index (χ4v) is 13.0. The van der Waals surface area contributed by atoms with Crippen LogP contribution in [0.4, 0.5) is 0 Å². The number of hydrogen-bond donors (Lipinski definition) is 0. The van der Waals surface area contributed by atoms with Gasteiger partial charge in [-0.25, -0.2) is 15.0 Å². The maximum atomic E-state index is 7.29. The minimum Gasteiger partial charge on any atom is -0.407 e. The van der Waals surface area contributed by atoms with Crippen molar-refractivity contribution in [3.05, 3.63) is 55.1 Å². The van der Waals surface area contributed by atoms with Crippen molar-refractivity contribution in [1.82, 2.24) is 19.5 Å². The van der Waals surface area contributed by atoms with E-state index in [1.165, 1.54) is 5.39 Å². The maximum absolute atomic E-state index is 7.29. The van der Waals surface area contributed by atoms with Gasteiger partial charge in [-0.05, 0) is 35.0 Å². The van der Waals surface area contributed by atoms with Crippen molar-refractivity contribution >= 4 is 38.8 Å². The SMILES string of the molecule is CC(C)(C)[Si](C)(C)O[C@H]1[C@H]2O[Si](C(C)(C)C)(C(C)(C)C)OC[C@H]2O[C@H]1n1cnc2c(-c3ccc4ccccc4c3)ncnc21. The Bertz CT molecular complexity index is 1670. The number of benzene rings is 2. The highest BCUT2D eigenvalue weighted by Gasteiger charge is 2.66. The van der Waals surface area contributed by atoms with E-state index in [2.05, 4.69) is 123 Å². The van der Waals surface area contributed by atoms with Crippen LogP contribution in [0.1, 0.15) is 68.5 Å². The molecule has 8 nitrogen and oxygen atoms in total. The van der Waals surface area contributed by atoms with Gasteiger partial charge < -0.3 is 18.0 Å². The molecule has 4 atom stereocenters. The Balaban J connectivity index is 1.44. The molecule has 0 amide bonds. The molecule has 0 N–H and O–H groups in total. The molecule has 2 aromatic heterocycles. The van der Waals surface area contributed by atoms with E-state index in [9.17, 15) is 0 Å². The summed E-state index contributed by atoms with van der Waals surface area (Å²) in [6.45, 7) is 25.3.